The van der Waals surface area contributed by atoms with E-state index in [4.69, 9.17) is 16.3 Å². The maximum atomic E-state index is 12.6. The minimum Gasteiger partial charge on any atom is -0.486 e. The van der Waals surface area contributed by atoms with E-state index >= 15 is 0 Å². The van der Waals surface area contributed by atoms with Crippen LogP contribution in [0.2, 0.25) is 5.02 Å². The Labute approximate surface area is 262 Å². The van der Waals surface area contributed by atoms with E-state index < -0.39 is 0 Å². The summed E-state index contributed by atoms with van der Waals surface area (Å²) in [4.78, 5) is 23.7. The summed E-state index contributed by atoms with van der Waals surface area (Å²) >= 11 is 6.66. The summed E-state index contributed by atoms with van der Waals surface area (Å²) in [6.45, 7) is 3.00. The molecule has 0 unspecified atom stereocenters. The smallest absolute Gasteiger partial charge is 0.224 e. The first-order valence-corrected chi connectivity index (χ1v) is 14.7. The number of fused-ring (bicyclic) bond motifs is 1. The average Bonchev–Trinajstić information content (AvgIpc) is 3.02. The molecule has 3 aromatic carbocycles. The highest BCUT2D eigenvalue weighted by atomic mass is 35.5. The number of carbonyl (C=O) groups is 1. The second kappa shape index (κ2) is 14.0. The molecule has 0 radical (unpaired) electrons. The van der Waals surface area contributed by atoms with Gasteiger partial charge in [0, 0.05) is 41.1 Å². The Morgan fingerprint density at radius 1 is 1.05 bits per heavy atom. The normalized spacial score (nSPS) is 10.9. The van der Waals surface area contributed by atoms with Gasteiger partial charge in [0.05, 0.1) is 27.5 Å². The van der Waals surface area contributed by atoms with Crippen LogP contribution in [0.5, 0.6) is 5.75 Å². The lowest BCUT2D eigenvalue weighted by Gasteiger charge is -2.16. The van der Waals surface area contributed by atoms with Crippen molar-refractivity contribution in [3.05, 3.63) is 107 Å². The average molecular weight is 605 g/mol. The maximum absolute atomic E-state index is 12.6. The summed E-state index contributed by atoms with van der Waals surface area (Å²) in [5.74, 6) is 0.453. The third-order valence-electron chi connectivity index (χ3n) is 7.16. The van der Waals surface area contributed by atoms with Crippen LogP contribution >= 0.6 is 11.6 Å². The summed E-state index contributed by atoms with van der Waals surface area (Å²) in [5.41, 5.74) is 6.73. The van der Waals surface area contributed by atoms with Crippen LogP contribution in [0.4, 0.5) is 17.1 Å². The molecule has 0 aliphatic carbocycles. The lowest BCUT2D eigenvalue weighted by Crippen LogP contribution is -2.17. The van der Waals surface area contributed by atoms with Crippen LogP contribution < -0.4 is 15.4 Å². The number of nitrogens with zero attached hydrogens (tertiary/aromatic N) is 4. The van der Waals surface area contributed by atoms with Crippen molar-refractivity contribution in [3.63, 3.8) is 0 Å². The topological polar surface area (TPSA) is 103 Å². The molecule has 5 aromatic rings. The first-order valence-electron chi connectivity index (χ1n) is 14.3. The first-order chi connectivity index (χ1) is 21.3. The van der Waals surface area contributed by atoms with Crippen molar-refractivity contribution in [2.75, 3.05) is 31.3 Å². The van der Waals surface area contributed by atoms with Crippen LogP contribution in [0, 0.1) is 18.3 Å². The first kappa shape index (κ1) is 30.5. The van der Waals surface area contributed by atoms with E-state index in [2.05, 4.69) is 31.6 Å². The Bertz CT molecular complexity index is 1840. The SMILES string of the molecule is Cc1cc2ncc(C#N)c(Nc3ccc(OCc4ncccc4-c4ccccc4)c(Cl)c3)c2cc1NC(=O)CCCN(C)C. The molecule has 0 fully saturated rings. The summed E-state index contributed by atoms with van der Waals surface area (Å²) in [5, 5.41) is 17.4. The molecule has 0 spiro atoms. The molecule has 222 valence electrons. The van der Waals surface area contributed by atoms with Gasteiger partial charge in [0.25, 0.3) is 0 Å². The van der Waals surface area contributed by atoms with E-state index in [0.717, 1.165) is 35.3 Å². The van der Waals surface area contributed by atoms with Crippen LogP contribution in [-0.2, 0) is 11.4 Å². The quantitative estimate of drug-likeness (QED) is 0.159. The molecule has 5 rings (SSSR count). The lowest BCUT2D eigenvalue weighted by atomic mass is 10.0. The van der Waals surface area contributed by atoms with Gasteiger partial charge in [0.15, 0.2) is 0 Å². The highest BCUT2D eigenvalue weighted by Gasteiger charge is 2.15. The summed E-state index contributed by atoms with van der Waals surface area (Å²) < 4.78 is 6.08. The van der Waals surface area contributed by atoms with Gasteiger partial charge in [0.1, 0.15) is 18.4 Å². The van der Waals surface area contributed by atoms with Crippen molar-refractivity contribution in [2.45, 2.75) is 26.4 Å². The molecule has 2 heterocycles. The third-order valence-corrected chi connectivity index (χ3v) is 7.45. The molecule has 0 aliphatic rings. The number of carbonyl (C=O) groups excluding carboxylic acids is 1. The standard InChI is InChI=1S/C35H33ClN6O2/c1-23-17-31-28(19-30(23)41-34(43)12-8-16-42(2)3)35(25(20-37)21-39-31)40-26-13-14-33(29(36)18-26)44-22-32-27(11-7-15-38-32)24-9-5-4-6-10-24/h4-7,9-11,13-15,17-19,21H,8,12,16,22H2,1-3H3,(H,39,40)(H,41,43). The number of aryl methyl sites for hydroxylation is 1. The Balaban J connectivity index is 1.36. The Kier molecular flexibility index (Phi) is 9.70. The van der Waals surface area contributed by atoms with Gasteiger partial charge in [-0.2, -0.15) is 5.26 Å². The predicted octanol–water partition coefficient (Wildman–Crippen LogP) is 7.73. The lowest BCUT2D eigenvalue weighted by molar-refractivity contribution is -0.116. The van der Waals surface area contributed by atoms with Gasteiger partial charge in [-0.25, -0.2) is 0 Å². The number of pyridine rings is 2. The summed E-state index contributed by atoms with van der Waals surface area (Å²) in [6, 6.07) is 25.3. The van der Waals surface area contributed by atoms with Crippen LogP contribution in [0.15, 0.2) is 85.2 Å². The number of nitrogens with one attached hydrogen (secondary N) is 2. The van der Waals surface area contributed by atoms with E-state index in [1.165, 1.54) is 0 Å². The fourth-order valence-electron chi connectivity index (χ4n) is 4.89. The van der Waals surface area contributed by atoms with Crippen molar-refractivity contribution in [1.82, 2.24) is 14.9 Å². The van der Waals surface area contributed by atoms with Crippen molar-refractivity contribution < 1.29 is 9.53 Å². The number of anilines is 3. The number of halogens is 1. The number of benzene rings is 3. The minimum absolute atomic E-state index is 0.0582. The number of ether oxygens (including phenoxy) is 1. The fourth-order valence-corrected chi connectivity index (χ4v) is 5.12. The molecular weight excluding hydrogens is 572 g/mol. The van der Waals surface area contributed by atoms with Crippen molar-refractivity contribution in [1.29, 1.82) is 5.26 Å². The van der Waals surface area contributed by atoms with Gasteiger partial charge in [-0.1, -0.05) is 48.0 Å². The van der Waals surface area contributed by atoms with Gasteiger partial charge in [-0.15, -0.1) is 0 Å². The largest absolute Gasteiger partial charge is 0.486 e. The zero-order valence-corrected chi connectivity index (χ0v) is 25.7. The highest BCUT2D eigenvalue weighted by Crippen LogP contribution is 2.35. The second-order valence-electron chi connectivity index (χ2n) is 10.7. The van der Waals surface area contributed by atoms with Gasteiger partial charge in [-0.3, -0.25) is 14.8 Å². The molecule has 0 saturated carbocycles. The van der Waals surface area contributed by atoms with Crippen LogP contribution in [0.1, 0.15) is 29.7 Å². The van der Waals surface area contributed by atoms with Crippen molar-refractivity contribution in [3.8, 4) is 22.9 Å². The van der Waals surface area contributed by atoms with E-state index in [1.807, 2.05) is 81.7 Å². The monoisotopic (exact) mass is 604 g/mol. The van der Waals surface area contributed by atoms with Crippen LogP contribution in [0.3, 0.4) is 0 Å². The number of rotatable bonds is 11. The predicted molar refractivity (Wildman–Crippen MR) is 176 cm³/mol. The molecule has 1 amide bonds. The number of aromatic nitrogens is 2. The molecule has 0 saturated heterocycles. The molecule has 2 aromatic heterocycles. The molecule has 9 heteroatoms. The molecule has 0 bridgehead atoms. The zero-order chi connectivity index (χ0) is 31.1. The van der Waals surface area contributed by atoms with Gasteiger partial charge < -0.3 is 20.3 Å². The Morgan fingerprint density at radius 3 is 2.61 bits per heavy atom. The summed E-state index contributed by atoms with van der Waals surface area (Å²) in [6.07, 6.45) is 4.46. The fraction of sp³-hybridized carbons (Fsp3) is 0.200. The van der Waals surface area contributed by atoms with Crippen LogP contribution in [0.25, 0.3) is 22.0 Å². The number of hydrogen-bond acceptors (Lipinski definition) is 7. The number of nitriles is 1. The maximum Gasteiger partial charge on any atom is 0.224 e. The summed E-state index contributed by atoms with van der Waals surface area (Å²) in [7, 11) is 3.97. The molecule has 0 aliphatic heterocycles. The molecule has 2 N–H and O–H groups in total. The van der Waals surface area contributed by atoms with Crippen molar-refractivity contribution in [2.24, 2.45) is 0 Å². The number of amides is 1. The minimum atomic E-state index is -0.0582. The van der Waals surface area contributed by atoms with E-state index in [0.29, 0.717) is 50.7 Å². The highest BCUT2D eigenvalue weighted by molar-refractivity contribution is 6.32. The molecule has 44 heavy (non-hydrogen) atoms. The molecule has 8 nitrogen and oxygen atoms in total. The van der Waals surface area contributed by atoms with Crippen molar-refractivity contribution >= 4 is 45.5 Å². The van der Waals surface area contributed by atoms with E-state index in [1.54, 1.807) is 24.5 Å². The Morgan fingerprint density at radius 2 is 1.86 bits per heavy atom. The van der Waals surface area contributed by atoms with Gasteiger partial charge in [-0.05, 0) is 81.5 Å². The van der Waals surface area contributed by atoms with E-state index in [-0.39, 0.29) is 12.5 Å². The Hall–Kier alpha value is -4.97. The third kappa shape index (κ3) is 7.32. The van der Waals surface area contributed by atoms with Gasteiger partial charge in [0.2, 0.25) is 5.91 Å². The van der Waals surface area contributed by atoms with E-state index in [9.17, 15) is 10.1 Å². The molecular formula is C35H33ClN6O2. The second-order valence-corrected chi connectivity index (χ2v) is 11.1. The number of hydrogen-bond donors (Lipinski definition) is 2. The molecule has 0 atom stereocenters. The van der Waals surface area contributed by atoms with Gasteiger partial charge >= 0.3 is 0 Å². The van der Waals surface area contributed by atoms with Crippen LogP contribution in [-0.4, -0.2) is 41.4 Å². The zero-order valence-electron chi connectivity index (χ0n) is 24.9.